The lowest BCUT2D eigenvalue weighted by molar-refractivity contribution is 0.0519. The predicted octanol–water partition coefficient (Wildman–Crippen LogP) is 1.55. The number of nitrogens with one attached hydrogen (secondary N) is 1. The number of hydrogen-bond donors (Lipinski definition) is 1. The van der Waals surface area contributed by atoms with E-state index in [1.54, 1.807) is 11.8 Å². The molecule has 0 aromatic carbocycles. The second kappa shape index (κ2) is 6.78. The highest BCUT2D eigenvalue weighted by molar-refractivity contribution is 7.99. The monoisotopic (exact) mass is 297 g/mol. The first kappa shape index (κ1) is 14.9. The van der Waals surface area contributed by atoms with Gasteiger partial charge in [0, 0.05) is 30.2 Å². The molecule has 20 heavy (non-hydrogen) atoms. The standard InChI is InChI=1S/C13H19N3O3S/c1-3-19-13(18)11-8-10(14-15-11)12(17)16-5-4-9(2)20-7-6-16/h8-9H,3-7H2,1-2H3,(H,14,15). The molecule has 110 valence electrons. The van der Waals surface area contributed by atoms with E-state index >= 15 is 0 Å². The highest BCUT2D eigenvalue weighted by Gasteiger charge is 2.23. The zero-order valence-corrected chi connectivity index (χ0v) is 12.5. The van der Waals surface area contributed by atoms with E-state index < -0.39 is 5.97 Å². The molecule has 0 saturated carbocycles. The van der Waals surface area contributed by atoms with Crippen molar-refractivity contribution in [3.63, 3.8) is 0 Å². The van der Waals surface area contributed by atoms with Gasteiger partial charge < -0.3 is 9.64 Å². The number of H-pyrrole nitrogens is 1. The van der Waals surface area contributed by atoms with E-state index in [1.807, 2.05) is 11.8 Å². The highest BCUT2D eigenvalue weighted by atomic mass is 32.2. The fourth-order valence-electron chi connectivity index (χ4n) is 2.01. The van der Waals surface area contributed by atoms with Gasteiger partial charge in [0.05, 0.1) is 6.61 Å². The van der Waals surface area contributed by atoms with Gasteiger partial charge in [-0.2, -0.15) is 16.9 Å². The number of carbonyl (C=O) groups excluding carboxylic acids is 2. The molecule has 7 heteroatoms. The summed E-state index contributed by atoms with van der Waals surface area (Å²) in [6.45, 7) is 5.65. The molecule has 1 atom stereocenters. The van der Waals surface area contributed by atoms with Gasteiger partial charge in [-0.25, -0.2) is 4.79 Å². The second-order valence-corrected chi connectivity index (χ2v) is 6.20. The Morgan fingerprint density at radius 3 is 3.10 bits per heavy atom. The molecule has 1 N–H and O–H groups in total. The fraction of sp³-hybridized carbons (Fsp3) is 0.615. The Balaban J connectivity index is 2.03. The van der Waals surface area contributed by atoms with Gasteiger partial charge in [-0.15, -0.1) is 0 Å². The molecular formula is C13H19N3O3S. The molecule has 2 rings (SSSR count). The summed E-state index contributed by atoms with van der Waals surface area (Å²) in [5.74, 6) is 0.313. The molecule has 1 fully saturated rings. The number of aromatic nitrogens is 2. The van der Waals surface area contributed by atoms with Gasteiger partial charge in [0.2, 0.25) is 0 Å². The van der Waals surface area contributed by atoms with E-state index in [0.29, 0.717) is 11.9 Å². The van der Waals surface area contributed by atoms with Gasteiger partial charge in [0.1, 0.15) is 5.69 Å². The Hall–Kier alpha value is -1.50. The van der Waals surface area contributed by atoms with Gasteiger partial charge >= 0.3 is 5.97 Å². The Morgan fingerprint density at radius 2 is 2.35 bits per heavy atom. The van der Waals surface area contributed by atoms with Crippen molar-refractivity contribution in [2.45, 2.75) is 25.5 Å². The van der Waals surface area contributed by atoms with Gasteiger partial charge in [-0.05, 0) is 13.3 Å². The molecule has 1 amide bonds. The third-order valence-corrected chi connectivity index (χ3v) is 4.37. The lowest BCUT2D eigenvalue weighted by Crippen LogP contribution is -2.33. The van der Waals surface area contributed by atoms with Crippen LogP contribution in [0.25, 0.3) is 0 Å². The van der Waals surface area contributed by atoms with Crippen molar-refractivity contribution in [3.05, 3.63) is 17.5 Å². The van der Waals surface area contributed by atoms with Crippen LogP contribution in [0.1, 0.15) is 41.2 Å². The molecule has 0 spiro atoms. The number of rotatable bonds is 3. The van der Waals surface area contributed by atoms with Crippen molar-refractivity contribution >= 4 is 23.6 Å². The number of ether oxygens (including phenoxy) is 1. The summed E-state index contributed by atoms with van der Waals surface area (Å²) >= 11 is 1.88. The Bertz CT molecular complexity index is 489. The van der Waals surface area contributed by atoms with E-state index in [2.05, 4.69) is 17.1 Å². The average molecular weight is 297 g/mol. The van der Waals surface area contributed by atoms with E-state index in [-0.39, 0.29) is 17.3 Å². The molecule has 1 unspecified atom stereocenters. The first-order valence-electron chi connectivity index (χ1n) is 6.75. The molecule has 1 aromatic rings. The first-order valence-corrected chi connectivity index (χ1v) is 7.80. The maximum Gasteiger partial charge on any atom is 0.356 e. The van der Waals surface area contributed by atoms with Crippen LogP contribution >= 0.6 is 11.8 Å². The Morgan fingerprint density at radius 1 is 1.55 bits per heavy atom. The van der Waals surface area contributed by atoms with E-state index in [4.69, 9.17) is 4.74 Å². The number of aromatic amines is 1. The molecule has 1 aliphatic heterocycles. The maximum absolute atomic E-state index is 12.3. The van der Waals surface area contributed by atoms with Crippen LogP contribution in [0.4, 0.5) is 0 Å². The molecule has 1 aromatic heterocycles. The smallest absolute Gasteiger partial charge is 0.356 e. The topological polar surface area (TPSA) is 75.3 Å². The van der Waals surface area contributed by atoms with Crippen molar-refractivity contribution < 1.29 is 14.3 Å². The minimum atomic E-state index is -0.487. The Labute approximate surface area is 122 Å². The van der Waals surface area contributed by atoms with Crippen LogP contribution in [0.5, 0.6) is 0 Å². The van der Waals surface area contributed by atoms with Crippen LogP contribution in [-0.2, 0) is 4.74 Å². The third-order valence-electron chi connectivity index (χ3n) is 3.15. The average Bonchev–Trinajstić information content (AvgIpc) is 2.82. The van der Waals surface area contributed by atoms with Crippen LogP contribution in [0, 0.1) is 0 Å². The van der Waals surface area contributed by atoms with Crippen LogP contribution in [0.2, 0.25) is 0 Å². The summed E-state index contributed by atoms with van der Waals surface area (Å²) in [5.41, 5.74) is 0.486. The summed E-state index contributed by atoms with van der Waals surface area (Å²) in [4.78, 5) is 25.7. The third kappa shape index (κ3) is 3.53. The van der Waals surface area contributed by atoms with E-state index in [9.17, 15) is 9.59 Å². The van der Waals surface area contributed by atoms with Crippen LogP contribution in [0.15, 0.2) is 6.07 Å². The number of hydrogen-bond acceptors (Lipinski definition) is 5. The molecule has 0 radical (unpaired) electrons. The fourth-order valence-corrected chi connectivity index (χ4v) is 3.01. The summed E-state index contributed by atoms with van der Waals surface area (Å²) < 4.78 is 4.86. The molecule has 1 aliphatic rings. The second-order valence-electron chi connectivity index (χ2n) is 4.65. The van der Waals surface area contributed by atoms with Gasteiger partial charge in [0.15, 0.2) is 5.69 Å². The number of thioether (sulfide) groups is 1. The van der Waals surface area contributed by atoms with Gasteiger partial charge in [-0.3, -0.25) is 9.89 Å². The van der Waals surface area contributed by atoms with Crippen LogP contribution < -0.4 is 0 Å². The Kier molecular flexibility index (Phi) is 5.05. The molecule has 0 bridgehead atoms. The van der Waals surface area contributed by atoms with Crippen molar-refractivity contribution in [2.75, 3.05) is 25.4 Å². The summed E-state index contributed by atoms with van der Waals surface area (Å²) in [6, 6.07) is 1.46. The number of amides is 1. The lowest BCUT2D eigenvalue weighted by atomic mass is 10.2. The van der Waals surface area contributed by atoms with Crippen molar-refractivity contribution in [2.24, 2.45) is 0 Å². The van der Waals surface area contributed by atoms with Gasteiger partial charge in [-0.1, -0.05) is 6.92 Å². The predicted molar refractivity (Wildman–Crippen MR) is 77.0 cm³/mol. The highest BCUT2D eigenvalue weighted by Crippen LogP contribution is 2.19. The van der Waals surface area contributed by atoms with Crippen molar-refractivity contribution in [1.29, 1.82) is 0 Å². The molecular weight excluding hydrogens is 278 g/mol. The SMILES string of the molecule is CCOC(=O)c1cc(C(=O)N2CCSC(C)CC2)n[nH]1. The molecule has 1 saturated heterocycles. The summed E-state index contributed by atoms with van der Waals surface area (Å²) in [5, 5.41) is 7.05. The van der Waals surface area contributed by atoms with Crippen molar-refractivity contribution in [1.82, 2.24) is 15.1 Å². The summed E-state index contributed by atoms with van der Waals surface area (Å²) in [6.07, 6.45) is 0.978. The molecule has 2 heterocycles. The first-order chi connectivity index (χ1) is 9.61. The van der Waals surface area contributed by atoms with Crippen LogP contribution in [0.3, 0.4) is 0 Å². The maximum atomic E-state index is 12.3. The number of carbonyl (C=O) groups is 2. The number of esters is 1. The largest absolute Gasteiger partial charge is 0.461 e. The molecule has 0 aliphatic carbocycles. The molecule has 6 nitrogen and oxygen atoms in total. The zero-order valence-electron chi connectivity index (χ0n) is 11.7. The minimum absolute atomic E-state index is 0.133. The van der Waals surface area contributed by atoms with E-state index in [1.165, 1.54) is 6.07 Å². The van der Waals surface area contributed by atoms with Crippen LogP contribution in [-0.4, -0.2) is 57.7 Å². The number of nitrogens with zero attached hydrogens (tertiary/aromatic N) is 2. The van der Waals surface area contributed by atoms with Gasteiger partial charge in [0.25, 0.3) is 5.91 Å². The summed E-state index contributed by atoms with van der Waals surface area (Å²) in [7, 11) is 0. The normalized spacial score (nSPS) is 19.5. The van der Waals surface area contributed by atoms with Crippen molar-refractivity contribution in [3.8, 4) is 0 Å². The quantitative estimate of drug-likeness (QED) is 0.857. The minimum Gasteiger partial charge on any atom is -0.461 e. The zero-order chi connectivity index (χ0) is 14.5. The lowest BCUT2D eigenvalue weighted by Gasteiger charge is -2.18. The van der Waals surface area contributed by atoms with E-state index in [0.717, 1.165) is 25.3 Å².